The number of hydrogen-bond donors (Lipinski definition) is 1. The molecule has 3 heterocycles. The molecule has 0 amide bonds. The highest BCUT2D eigenvalue weighted by atomic mass is 35.5. The summed E-state index contributed by atoms with van der Waals surface area (Å²) in [5.74, 6) is 1.52. The number of sulfonamides is 1. The van der Waals surface area contributed by atoms with Gasteiger partial charge in [-0.25, -0.2) is 18.4 Å². The van der Waals surface area contributed by atoms with E-state index >= 15 is 0 Å². The molecule has 0 spiro atoms. The van der Waals surface area contributed by atoms with Gasteiger partial charge in [0.25, 0.3) is 0 Å². The molecule has 180 valence electrons. The van der Waals surface area contributed by atoms with Crippen molar-refractivity contribution in [3.05, 3.63) is 29.1 Å². The third kappa shape index (κ3) is 4.34. The Morgan fingerprint density at radius 3 is 2.55 bits per heavy atom. The zero-order valence-corrected chi connectivity index (χ0v) is 20.0. The van der Waals surface area contributed by atoms with Crippen molar-refractivity contribution in [3.63, 3.8) is 0 Å². The van der Waals surface area contributed by atoms with Gasteiger partial charge in [0.2, 0.25) is 16.0 Å². The fourth-order valence-electron chi connectivity index (χ4n) is 4.57. The number of nitrogens with one attached hydrogen (secondary N) is 1. The zero-order chi connectivity index (χ0) is 23.2. The van der Waals surface area contributed by atoms with Crippen LogP contribution >= 0.6 is 11.6 Å². The van der Waals surface area contributed by atoms with Gasteiger partial charge in [-0.1, -0.05) is 11.6 Å². The van der Waals surface area contributed by atoms with E-state index in [0.29, 0.717) is 36.6 Å². The Hall–Kier alpha value is -1.86. The van der Waals surface area contributed by atoms with E-state index < -0.39 is 21.4 Å². The molecule has 13 heteroatoms. The molecular formula is C20H27ClN6O5S. The number of rotatable bonds is 9. The molecule has 2 aliphatic carbocycles. The lowest BCUT2D eigenvalue weighted by Gasteiger charge is -2.28. The molecule has 3 fully saturated rings. The Balaban J connectivity index is 1.45. The summed E-state index contributed by atoms with van der Waals surface area (Å²) in [6.07, 6.45) is 5.68. The van der Waals surface area contributed by atoms with Crippen LogP contribution < -0.4 is 4.72 Å². The molecular weight excluding hydrogens is 472 g/mol. The lowest BCUT2D eigenvalue weighted by atomic mass is 10.1. The molecule has 0 unspecified atom stereocenters. The van der Waals surface area contributed by atoms with Gasteiger partial charge in [-0.2, -0.15) is 0 Å². The average molecular weight is 499 g/mol. The summed E-state index contributed by atoms with van der Waals surface area (Å²) >= 11 is 5.87. The van der Waals surface area contributed by atoms with Gasteiger partial charge in [-0.3, -0.25) is 9.29 Å². The van der Waals surface area contributed by atoms with Crippen LogP contribution in [-0.2, 0) is 29.8 Å². The third-order valence-electron chi connectivity index (χ3n) is 6.63. The Morgan fingerprint density at radius 1 is 1.24 bits per heavy atom. The number of hydrogen-bond acceptors (Lipinski definition) is 9. The maximum atomic E-state index is 13.4. The van der Waals surface area contributed by atoms with Gasteiger partial charge < -0.3 is 14.2 Å². The maximum absolute atomic E-state index is 13.4. The second-order valence-electron chi connectivity index (χ2n) is 8.80. The summed E-state index contributed by atoms with van der Waals surface area (Å²) < 4.78 is 48.3. The van der Waals surface area contributed by atoms with Crippen molar-refractivity contribution in [1.82, 2.24) is 24.7 Å². The number of aromatic nitrogens is 5. The standard InChI is InChI=1S/C20H27ClN6O5S/c1-12(16(30-2)17-22-9-14(21)10-23-17)33(28,29)26-19-25-24-18(15-11-31-7-8-32-15)27(19)20(5-6-20)13-3-4-13/h9-10,12-13,15-16H,3-8,11H2,1-2H3,(H,25,26)/t12-,15+,16-/m0/s1. The van der Waals surface area contributed by atoms with Crippen LogP contribution in [0.5, 0.6) is 0 Å². The quantitative estimate of drug-likeness (QED) is 0.552. The van der Waals surface area contributed by atoms with Crippen molar-refractivity contribution >= 4 is 27.6 Å². The van der Waals surface area contributed by atoms with E-state index in [4.69, 9.17) is 25.8 Å². The number of halogens is 1. The van der Waals surface area contributed by atoms with Crippen molar-refractivity contribution in [1.29, 1.82) is 0 Å². The number of nitrogens with zero attached hydrogens (tertiary/aromatic N) is 5. The first-order valence-electron chi connectivity index (χ1n) is 11.0. The van der Waals surface area contributed by atoms with E-state index in [1.165, 1.54) is 19.5 Å². The first-order chi connectivity index (χ1) is 15.9. The van der Waals surface area contributed by atoms with Gasteiger partial charge in [0.1, 0.15) is 17.5 Å². The highest BCUT2D eigenvalue weighted by Gasteiger charge is 2.58. The molecule has 2 saturated carbocycles. The molecule has 1 saturated heterocycles. The van der Waals surface area contributed by atoms with E-state index in [1.807, 2.05) is 4.57 Å². The van der Waals surface area contributed by atoms with E-state index in [-0.39, 0.29) is 23.4 Å². The van der Waals surface area contributed by atoms with Gasteiger partial charge in [0.15, 0.2) is 11.6 Å². The smallest absolute Gasteiger partial charge is 0.240 e. The molecule has 0 bridgehead atoms. The second-order valence-corrected chi connectivity index (χ2v) is 11.3. The second kappa shape index (κ2) is 8.73. The average Bonchev–Trinajstić information content (AvgIpc) is 3.73. The monoisotopic (exact) mass is 498 g/mol. The SMILES string of the molecule is CO[C@H](c1ncc(Cl)cn1)[C@H](C)S(=O)(=O)Nc1nnc([C@H]2COCCO2)n1C1(C2CC2)CC1. The van der Waals surface area contributed by atoms with E-state index in [9.17, 15) is 8.42 Å². The molecule has 2 aromatic heterocycles. The first-order valence-corrected chi connectivity index (χ1v) is 12.9. The predicted octanol–water partition coefficient (Wildman–Crippen LogP) is 2.23. The van der Waals surface area contributed by atoms with Crippen LogP contribution in [0, 0.1) is 5.92 Å². The number of ether oxygens (including phenoxy) is 3. The number of methoxy groups -OCH3 is 1. The molecule has 2 aromatic rings. The number of anilines is 1. The minimum Gasteiger partial charge on any atom is -0.376 e. The van der Waals surface area contributed by atoms with Crippen LogP contribution in [0.25, 0.3) is 0 Å². The van der Waals surface area contributed by atoms with Gasteiger partial charge in [-0.15, -0.1) is 10.2 Å². The van der Waals surface area contributed by atoms with Gasteiger partial charge in [-0.05, 0) is 38.5 Å². The van der Waals surface area contributed by atoms with Gasteiger partial charge >= 0.3 is 0 Å². The van der Waals surface area contributed by atoms with Gasteiger partial charge in [0.05, 0.1) is 30.4 Å². The Labute approximate surface area is 197 Å². The molecule has 5 rings (SSSR count). The van der Waals surface area contributed by atoms with E-state index in [2.05, 4.69) is 24.9 Å². The van der Waals surface area contributed by atoms with Crippen molar-refractivity contribution in [2.75, 3.05) is 31.7 Å². The predicted molar refractivity (Wildman–Crippen MR) is 118 cm³/mol. The van der Waals surface area contributed by atoms with Crippen LogP contribution in [0.4, 0.5) is 5.95 Å². The summed E-state index contributed by atoms with van der Waals surface area (Å²) in [4.78, 5) is 8.26. The fourth-order valence-corrected chi connectivity index (χ4v) is 5.80. The molecule has 1 aliphatic heterocycles. The van der Waals surface area contributed by atoms with Crippen LogP contribution in [0.15, 0.2) is 12.4 Å². The molecule has 0 aromatic carbocycles. The highest BCUT2D eigenvalue weighted by molar-refractivity contribution is 7.93. The van der Waals surface area contributed by atoms with Crippen LogP contribution in [0.1, 0.15) is 56.5 Å². The Bertz CT molecular complexity index is 1100. The van der Waals surface area contributed by atoms with Crippen molar-refractivity contribution in [2.45, 2.75) is 55.6 Å². The zero-order valence-electron chi connectivity index (χ0n) is 18.5. The molecule has 11 nitrogen and oxygen atoms in total. The van der Waals surface area contributed by atoms with Crippen molar-refractivity contribution in [2.24, 2.45) is 5.92 Å². The van der Waals surface area contributed by atoms with Crippen LogP contribution in [0.2, 0.25) is 5.02 Å². The molecule has 33 heavy (non-hydrogen) atoms. The maximum Gasteiger partial charge on any atom is 0.240 e. The minimum atomic E-state index is -3.94. The lowest BCUT2D eigenvalue weighted by molar-refractivity contribution is -0.0954. The Morgan fingerprint density at radius 2 is 1.97 bits per heavy atom. The summed E-state index contributed by atoms with van der Waals surface area (Å²) in [7, 11) is -2.53. The summed E-state index contributed by atoms with van der Waals surface area (Å²) in [6.45, 7) is 2.90. The summed E-state index contributed by atoms with van der Waals surface area (Å²) in [5.41, 5.74) is -0.166. The minimum absolute atomic E-state index is 0.166. The van der Waals surface area contributed by atoms with Gasteiger partial charge in [0, 0.05) is 19.5 Å². The van der Waals surface area contributed by atoms with Crippen molar-refractivity contribution < 1.29 is 22.6 Å². The summed E-state index contributed by atoms with van der Waals surface area (Å²) in [6, 6.07) is 0. The van der Waals surface area contributed by atoms with Crippen LogP contribution in [0.3, 0.4) is 0 Å². The normalized spacial score (nSPS) is 24.3. The Kier molecular flexibility index (Phi) is 6.06. The molecule has 3 aliphatic rings. The fraction of sp³-hybridized carbons (Fsp3) is 0.700. The molecule has 3 atom stereocenters. The lowest BCUT2D eigenvalue weighted by Crippen LogP contribution is -2.35. The molecule has 1 N–H and O–H groups in total. The largest absolute Gasteiger partial charge is 0.376 e. The van der Waals surface area contributed by atoms with Crippen LogP contribution in [-0.4, -0.2) is 65.3 Å². The van der Waals surface area contributed by atoms with E-state index in [1.54, 1.807) is 6.92 Å². The molecule has 0 radical (unpaired) electrons. The first kappa shape index (κ1) is 22.9. The summed E-state index contributed by atoms with van der Waals surface area (Å²) in [5, 5.41) is 7.93. The third-order valence-corrected chi connectivity index (χ3v) is 8.52. The highest BCUT2D eigenvalue weighted by Crippen LogP contribution is 2.60. The topological polar surface area (TPSA) is 130 Å². The van der Waals surface area contributed by atoms with E-state index in [0.717, 1.165) is 25.7 Å². The van der Waals surface area contributed by atoms with Crippen molar-refractivity contribution in [3.8, 4) is 0 Å².